The molecule has 41 heavy (non-hydrogen) atoms. The fourth-order valence-corrected chi connectivity index (χ4v) is 6.08. The predicted octanol–water partition coefficient (Wildman–Crippen LogP) is 10.2. The maximum atomic E-state index is 10.5. The number of hydrogen-bond donors (Lipinski definition) is 2. The van der Waals surface area contributed by atoms with E-state index in [4.69, 9.17) is 15.2 Å². The average Bonchev–Trinajstić information content (AvgIpc) is 3.29. The van der Waals surface area contributed by atoms with E-state index in [0.717, 1.165) is 38.6 Å². The molecule has 0 spiro atoms. The number of aliphatic carboxylic acids is 2. The number of carbonyl (C=O) groups is 2. The van der Waals surface area contributed by atoms with Crippen LogP contribution in [-0.2, 0) is 9.59 Å². The lowest BCUT2D eigenvalue weighted by molar-refractivity contribution is -0.138. The quantitative estimate of drug-likeness (QED) is 0.0799. The Balaban J connectivity index is 1.87. The molecular weight excluding hydrogens is 512 g/mol. The molecule has 0 aromatic carbocycles. The molecular formula is C35H66N2O4. The molecule has 0 amide bonds. The molecule has 0 fully saturated rings. The molecule has 240 valence electrons. The summed E-state index contributed by atoms with van der Waals surface area (Å²) in [7, 11) is 0. The summed E-state index contributed by atoms with van der Waals surface area (Å²) in [6.45, 7) is 4.51. The Morgan fingerprint density at radius 3 is 1.24 bits per heavy atom. The minimum absolute atomic E-state index is 0.328. The van der Waals surface area contributed by atoms with Gasteiger partial charge in [0.15, 0.2) is 0 Å². The van der Waals surface area contributed by atoms with E-state index in [9.17, 15) is 9.59 Å². The number of carboxylic acid groups (broad SMARTS) is 2. The van der Waals surface area contributed by atoms with Crippen LogP contribution < -0.4 is 0 Å². The van der Waals surface area contributed by atoms with Crippen molar-refractivity contribution in [1.29, 1.82) is 0 Å². The molecule has 1 unspecified atom stereocenters. The fourth-order valence-electron chi connectivity index (χ4n) is 6.08. The van der Waals surface area contributed by atoms with Gasteiger partial charge < -0.3 is 15.1 Å². The van der Waals surface area contributed by atoms with Gasteiger partial charge in [-0.25, -0.2) is 0 Å². The summed E-state index contributed by atoms with van der Waals surface area (Å²) >= 11 is 0. The van der Waals surface area contributed by atoms with E-state index < -0.39 is 11.9 Å². The molecule has 0 aromatic heterocycles. The van der Waals surface area contributed by atoms with Crippen LogP contribution in [-0.4, -0.2) is 52.0 Å². The highest BCUT2D eigenvalue weighted by Gasteiger charge is 2.22. The third-order valence-electron chi connectivity index (χ3n) is 8.73. The Morgan fingerprint density at radius 1 is 0.561 bits per heavy atom. The summed E-state index contributed by atoms with van der Waals surface area (Å²) < 4.78 is 0. The zero-order chi connectivity index (χ0) is 29.8. The molecule has 0 saturated heterocycles. The lowest BCUT2D eigenvalue weighted by atomic mass is 10.0. The largest absolute Gasteiger partial charge is 0.481 e. The topological polar surface area (TPSA) is 90.2 Å². The van der Waals surface area contributed by atoms with Gasteiger partial charge >= 0.3 is 11.9 Å². The standard InChI is InChI=1S/C35H66N2O4/c1-32-31-36-33(27-23-19-15-11-7-4-5-9-13-17-21-25-29-35(40)41)37(32)30-26-22-18-14-10-6-2-3-8-12-16-20-24-28-34(38)39/h32H,2-31H2,1H3,(H,38,39)(H,40,41). The average molecular weight is 579 g/mol. The lowest BCUT2D eigenvalue weighted by Crippen LogP contribution is -2.35. The van der Waals surface area contributed by atoms with Crippen LogP contribution in [0.1, 0.15) is 187 Å². The highest BCUT2D eigenvalue weighted by atomic mass is 16.4. The van der Waals surface area contributed by atoms with Gasteiger partial charge in [0.2, 0.25) is 0 Å². The van der Waals surface area contributed by atoms with Gasteiger partial charge in [-0.1, -0.05) is 135 Å². The second-order valence-electron chi connectivity index (χ2n) is 12.7. The first-order valence-electron chi connectivity index (χ1n) is 17.7. The van der Waals surface area contributed by atoms with E-state index in [2.05, 4.69) is 11.8 Å². The van der Waals surface area contributed by atoms with Gasteiger partial charge in [-0.2, -0.15) is 0 Å². The molecule has 1 aliphatic heterocycles. The molecule has 1 aliphatic rings. The first-order chi connectivity index (χ1) is 20.0. The van der Waals surface area contributed by atoms with Crippen LogP contribution >= 0.6 is 0 Å². The first kappa shape index (κ1) is 37.4. The Kier molecular flexibility index (Phi) is 24.9. The number of unbranched alkanes of at least 4 members (excludes halogenated alkanes) is 23. The van der Waals surface area contributed by atoms with Gasteiger partial charge in [-0.15, -0.1) is 0 Å². The van der Waals surface area contributed by atoms with Crippen LogP contribution in [0.2, 0.25) is 0 Å². The van der Waals surface area contributed by atoms with Gasteiger partial charge in [0.1, 0.15) is 0 Å². The second kappa shape index (κ2) is 27.3. The molecule has 2 N–H and O–H groups in total. The highest BCUT2D eigenvalue weighted by molar-refractivity contribution is 5.84. The molecule has 0 saturated carbocycles. The summed E-state index contributed by atoms with van der Waals surface area (Å²) in [5.41, 5.74) is 0. The maximum absolute atomic E-state index is 10.5. The maximum Gasteiger partial charge on any atom is 0.303 e. The third kappa shape index (κ3) is 23.6. The van der Waals surface area contributed by atoms with Crippen molar-refractivity contribution in [1.82, 2.24) is 4.90 Å². The Bertz CT molecular complexity index is 667. The smallest absolute Gasteiger partial charge is 0.303 e. The summed E-state index contributed by atoms with van der Waals surface area (Å²) in [5, 5.41) is 17.3. The van der Waals surface area contributed by atoms with E-state index in [0.29, 0.717) is 18.9 Å². The van der Waals surface area contributed by atoms with E-state index in [1.54, 1.807) is 0 Å². The number of hydrogen-bond acceptors (Lipinski definition) is 4. The SMILES string of the molecule is CC1CN=C(CCCCCCCCCCCCCCC(=O)O)N1CCCCCCCCCCCCCCCC(=O)O. The molecule has 1 heterocycles. The number of carboxylic acids is 2. The number of rotatable bonds is 31. The summed E-state index contributed by atoms with van der Waals surface area (Å²) in [5.74, 6) is 0.0538. The van der Waals surface area contributed by atoms with Crippen molar-refractivity contribution in [2.45, 2.75) is 193 Å². The molecule has 1 rings (SSSR count). The van der Waals surface area contributed by atoms with Crippen molar-refractivity contribution in [3.8, 4) is 0 Å². The Morgan fingerprint density at radius 2 is 0.878 bits per heavy atom. The fraction of sp³-hybridized carbons (Fsp3) is 0.914. The third-order valence-corrected chi connectivity index (χ3v) is 8.73. The van der Waals surface area contributed by atoms with Crippen LogP contribution in [0.4, 0.5) is 0 Å². The van der Waals surface area contributed by atoms with Crippen molar-refractivity contribution in [2.24, 2.45) is 4.99 Å². The van der Waals surface area contributed by atoms with Gasteiger partial charge in [0, 0.05) is 31.8 Å². The van der Waals surface area contributed by atoms with E-state index >= 15 is 0 Å². The van der Waals surface area contributed by atoms with Crippen LogP contribution in [0.15, 0.2) is 4.99 Å². The van der Waals surface area contributed by atoms with Crippen LogP contribution in [0.3, 0.4) is 0 Å². The molecule has 6 heteroatoms. The van der Waals surface area contributed by atoms with E-state index in [1.807, 2.05) is 0 Å². The zero-order valence-corrected chi connectivity index (χ0v) is 26.9. The van der Waals surface area contributed by atoms with Crippen LogP contribution in [0, 0.1) is 0 Å². The summed E-state index contributed by atoms with van der Waals surface area (Å²) in [4.78, 5) is 28.5. The van der Waals surface area contributed by atoms with Crippen molar-refractivity contribution >= 4 is 17.8 Å². The minimum atomic E-state index is -0.662. The second-order valence-corrected chi connectivity index (χ2v) is 12.7. The monoisotopic (exact) mass is 579 g/mol. The van der Waals surface area contributed by atoms with Crippen molar-refractivity contribution < 1.29 is 19.8 Å². The number of nitrogens with zero attached hydrogens (tertiary/aromatic N) is 2. The van der Waals surface area contributed by atoms with Crippen molar-refractivity contribution in [3.63, 3.8) is 0 Å². The number of aliphatic imine (C=N–C) groups is 1. The van der Waals surface area contributed by atoms with Gasteiger partial charge in [0.25, 0.3) is 0 Å². The van der Waals surface area contributed by atoms with Gasteiger partial charge in [-0.3, -0.25) is 14.6 Å². The first-order valence-corrected chi connectivity index (χ1v) is 17.7. The van der Waals surface area contributed by atoms with Crippen LogP contribution in [0.5, 0.6) is 0 Å². The highest BCUT2D eigenvalue weighted by Crippen LogP contribution is 2.19. The Hall–Kier alpha value is -1.59. The molecule has 0 radical (unpaired) electrons. The van der Waals surface area contributed by atoms with Crippen LogP contribution in [0.25, 0.3) is 0 Å². The molecule has 0 aliphatic carbocycles. The minimum Gasteiger partial charge on any atom is -0.481 e. The van der Waals surface area contributed by atoms with Crippen molar-refractivity contribution in [3.05, 3.63) is 0 Å². The molecule has 1 atom stereocenters. The van der Waals surface area contributed by atoms with Crippen molar-refractivity contribution in [2.75, 3.05) is 13.1 Å². The molecule has 0 bridgehead atoms. The lowest BCUT2D eigenvalue weighted by Gasteiger charge is -2.25. The predicted molar refractivity (Wildman–Crippen MR) is 173 cm³/mol. The molecule has 0 aromatic rings. The van der Waals surface area contributed by atoms with E-state index in [1.165, 1.54) is 147 Å². The number of amidine groups is 1. The molecule has 6 nitrogen and oxygen atoms in total. The normalized spacial score (nSPS) is 15.0. The zero-order valence-electron chi connectivity index (χ0n) is 26.9. The van der Waals surface area contributed by atoms with Gasteiger partial charge in [-0.05, 0) is 32.6 Å². The summed E-state index contributed by atoms with van der Waals surface area (Å²) in [6, 6.07) is 0.583. The van der Waals surface area contributed by atoms with E-state index in [-0.39, 0.29) is 0 Å². The Labute approximate surface area is 253 Å². The summed E-state index contributed by atoms with van der Waals surface area (Å²) in [6.07, 6.45) is 33.4. The van der Waals surface area contributed by atoms with Gasteiger partial charge in [0.05, 0.1) is 12.4 Å².